The van der Waals surface area contributed by atoms with Crippen LogP contribution in [0.2, 0.25) is 0 Å². The molecule has 1 fully saturated rings. The van der Waals surface area contributed by atoms with Crippen LogP contribution in [-0.2, 0) is 9.47 Å². The molecule has 1 aromatic heterocycles. The Morgan fingerprint density at radius 2 is 1.97 bits per heavy atom. The second-order valence-electron chi connectivity index (χ2n) is 7.83. The van der Waals surface area contributed by atoms with Crippen molar-refractivity contribution in [2.24, 2.45) is 0 Å². The van der Waals surface area contributed by atoms with Crippen molar-refractivity contribution < 1.29 is 19.0 Å². The summed E-state index contributed by atoms with van der Waals surface area (Å²) in [6.45, 7) is 9.64. The number of esters is 1. The summed E-state index contributed by atoms with van der Waals surface area (Å²) in [6.07, 6.45) is -0.471. The molecule has 1 N–H and O–H groups in total. The molecule has 9 heteroatoms. The lowest BCUT2D eigenvalue weighted by molar-refractivity contribution is 0.0157. The Bertz CT molecular complexity index is 772. The van der Waals surface area contributed by atoms with E-state index in [1.807, 2.05) is 18.2 Å². The quantitative estimate of drug-likeness (QED) is 0.652. The van der Waals surface area contributed by atoms with Gasteiger partial charge in [-0.25, -0.2) is 4.79 Å². The van der Waals surface area contributed by atoms with E-state index >= 15 is 0 Å². The highest BCUT2D eigenvalue weighted by molar-refractivity contribution is 6.99. The maximum atomic E-state index is 12.5. The fourth-order valence-electron chi connectivity index (χ4n) is 2.76. The number of anilines is 1. The first kappa shape index (κ1) is 21.5. The van der Waals surface area contributed by atoms with Gasteiger partial charge in [-0.15, -0.1) is 4.37 Å². The summed E-state index contributed by atoms with van der Waals surface area (Å²) in [5.74, 6) is 0.809. The first-order chi connectivity index (χ1) is 13.9. The molecular formula is C20H28N4O4S. The second kappa shape index (κ2) is 10.00. The van der Waals surface area contributed by atoms with Crippen LogP contribution in [0, 0.1) is 0 Å². The van der Waals surface area contributed by atoms with Crippen LogP contribution in [0.15, 0.2) is 30.3 Å². The number of nitrogens with one attached hydrogen (secondary N) is 1. The summed E-state index contributed by atoms with van der Waals surface area (Å²) in [5.41, 5.74) is 0.399. The number of aromatic nitrogens is 2. The number of morpholine rings is 1. The van der Waals surface area contributed by atoms with E-state index in [0.29, 0.717) is 31.2 Å². The van der Waals surface area contributed by atoms with Gasteiger partial charge in [0.05, 0.1) is 30.5 Å². The van der Waals surface area contributed by atoms with Crippen molar-refractivity contribution in [1.29, 1.82) is 0 Å². The Kier molecular flexibility index (Phi) is 7.40. The van der Waals surface area contributed by atoms with E-state index in [9.17, 15) is 4.79 Å². The van der Waals surface area contributed by atoms with Gasteiger partial charge in [0.15, 0.2) is 0 Å². The van der Waals surface area contributed by atoms with Gasteiger partial charge in [0.1, 0.15) is 12.7 Å². The van der Waals surface area contributed by atoms with Gasteiger partial charge in [0, 0.05) is 25.2 Å². The minimum absolute atomic E-state index is 0.113. The molecule has 158 valence electrons. The predicted octanol–water partition coefficient (Wildman–Crippen LogP) is 2.37. The van der Waals surface area contributed by atoms with Gasteiger partial charge >= 0.3 is 5.97 Å². The van der Waals surface area contributed by atoms with Crippen LogP contribution >= 0.6 is 11.7 Å². The summed E-state index contributed by atoms with van der Waals surface area (Å²) < 4.78 is 25.7. The summed E-state index contributed by atoms with van der Waals surface area (Å²) in [5, 5.41) is 3.37. The number of benzene rings is 1. The minimum Gasteiger partial charge on any atom is -0.470 e. The van der Waals surface area contributed by atoms with Gasteiger partial charge in [-0.1, -0.05) is 18.2 Å². The van der Waals surface area contributed by atoms with E-state index in [1.165, 1.54) is 0 Å². The van der Waals surface area contributed by atoms with Crippen LogP contribution in [-0.4, -0.2) is 65.8 Å². The molecule has 0 radical (unpaired) electrons. The van der Waals surface area contributed by atoms with Crippen molar-refractivity contribution in [2.45, 2.75) is 32.4 Å². The fourth-order valence-corrected chi connectivity index (χ4v) is 3.28. The number of carbonyl (C=O) groups is 1. The van der Waals surface area contributed by atoms with Gasteiger partial charge in [-0.2, -0.15) is 4.37 Å². The molecule has 8 nitrogen and oxygen atoms in total. The van der Waals surface area contributed by atoms with E-state index in [4.69, 9.17) is 14.2 Å². The maximum absolute atomic E-state index is 12.5. The van der Waals surface area contributed by atoms with Crippen molar-refractivity contribution >= 4 is 23.5 Å². The van der Waals surface area contributed by atoms with Crippen molar-refractivity contribution in [3.8, 4) is 5.88 Å². The molecule has 1 aliphatic heterocycles. The zero-order valence-electron chi connectivity index (χ0n) is 17.1. The molecule has 1 aliphatic rings. The Morgan fingerprint density at radius 3 is 2.66 bits per heavy atom. The monoisotopic (exact) mass is 420 g/mol. The predicted molar refractivity (Wildman–Crippen MR) is 112 cm³/mol. The van der Waals surface area contributed by atoms with Crippen LogP contribution in [0.1, 0.15) is 31.1 Å². The van der Waals surface area contributed by atoms with Crippen LogP contribution in [0.5, 0.6) is 5.88 Å². The van der Waals surface area contributed by atoms with Crippen molar-refractivity contribution in [3.63, 3.8) is 0 Å². The fraction of sp³-hybridized carbons (Fsp3) is 0.550. The molecule has 2 heterocycles. The number of carbonyl (C=O) groups excluding carboxylic acids is 1. The summed E-state index contributed by atoms with van der Waals surface area (Å²) in [6, 6.07) is 8.95. The number of hydrogen-bond acceptors (Lipinski definition) is 9. The molecule has 2 aromatic rings. The average Bonchev–Trinajstić information content (AvgIpc) is 3.19. The highest BCUT2D eigenvalue weighted by Crippen LogP contribution is 2.26. The van der Waals surface area contributed by atoms with Gasteiger partial charge in [-0.05, 0) is 32.9 Å². The van der Waals surface area contributed by atoms with Gasteiger partial charge in [0.2, 0.25) is 5.82 Å². The summed E-state index contributed by atoms with van der Waals surface area (Å²) in [7, 11) is 0. The third-order valence-electron chi connectivity index (χ3n) is 4.30. The normalized spacial score (nSPS) is 15.8. The Balaban J connectivity index is 1.64. The number of nitrogens with zero attached hydrogens (tertiary/aromatic N) is 3. The molecule has 29 heavy (non-hydrogen) atoms. The molecule has 0 amide bonds. The zero-order valence-corrected chi connectivity index (χ0v) is 17.9. The Labute approximate surface area is 175 Å². The maximum Gasteiger partial charge on any atom is 0.338 e. The highest BCUT2D eigenvalue weighted by Gasteiger charge is 2.23. The lowest BCUT2D eigenvalue weighted by atomic mass is 10.1. The van der Waals surface area contributed by atoms with Gasteiger partial charge < -0.3 is 24.4 Å². The Morgan fingerprint density at radius 1 is 1.24 bits per heavy atom. The van der Waals surface area contributed by atoms with Gasteiger partial charge in [0.25, 0.3) is 5.88 Å². The topological polar surface area (TPSA) is 85.8 Å². The molecule has 0 unspecified atom stereocenters. The van der Waals surface area contributed by atoms with E-state index in [1.54, 1.807) is 12.1 Å². The lowest BCUT2D eigenvalue weighted by Gasteiger charge is -2.27. The zero-order chi connectivity index (χ0) is 20.7. The number of hydrogen-bond donors (Lipinski definition) is 1. The molecule has 1 aromatic carbocycles. The SMILES string of the molecule is CC(C)(C)NC[C@@H](COc1nsnc1N1CCOCC1)OC(=O)c1ccccc1. The van der Waals surface area contributed by atoms with Crippen LogP contribution in [0.3, 0.4) is 0 Å². The molecule has 1 atom stereocenters. The number of ether oxygens (including phenoxy) is 3. The molecule has 1 saturated heterocycles. The molecular weight excluding hydrogens is 392 g/mol. The Hall–Kier alpha value is -2.23. The molecule has 0 saturated carbocycles. The van der Waals surface area contributed by atoms with Crippen molar-refractivity contribution in [1.82, 2.24) is 14.1 Å². The van der Waals surface area contributed by atoms with Crippen LogP contribution in [0.4, 0.5) is 5.82 Å². The number of rotatable bonds is 8. The largest absolute Gasteiger partial charge is 0.470 e. The molecule has 0 spiro atoms. The van der Waals surface area contributed by atoms with Crippen molar-refractivity contribution in [2.75, 3.05) is 44.4 Å². The van der Waals surface area contributed by atoms with Crippen LogP contribution in [0.25, 0.3) is 0 Å². The standard InChI is InChI=1S/C20H28N4O4S/c1-20(2,3)21-13-16(28-19(25)15-7-5-4-6-8-15)14-27-18-17(22-29-23-18)24-9-11-26-12-10-24/h4-8,16,21H,9-14H2,1-3H3/t16-/m0/s1. The molecule has 0 aliphatic carbocycles. The molecule has 0 bridgehead atoms. The summed E-state index contributed by atoms with van der Waals surface area (Å²) >= 11 is 1.11. The third-order valence-corrected chi connectivity index (χ3v) is 4.80. The van der Waals surface area contributed by atoms with Crippen LogP contribution < -0.4 is 15.0 Å². The minimum atomic E-state index is -0.471. The second-order valence-corrected chi connectivity index (χ2v) is 8.36. The molecule has 3 rings (SSSR count). The smallest absolute Gasteiger partial charge is 0.338 e. The lowest BCUT2D eigenvalue weighted by Crippen LogP contribution is -2.44. The third kappa shape index (κ3) is 6.66. The first-order valence-electron chi connectivity index (χ1n) is 9.71. The van der Waals surface area contributed by atoms with E-state index in [-0.39, 0.29) is 18.1 Å². The average molecular weight is 421 g/mol. The van der Waals surface area contributed by atoms with Gasteiger partial charge in [-0.3, -0.25) is 0 Å². The first-order valence-corrected chi connectivity index (χ1v) is 10.4. The van der Waals surface area contributed by atoms with E-state index in [0.717, 1.165) is 30.6 Å². The summed E-state index contributed by atoms with van der Waals surface area (Å²) in [4.78, 5) is 14.6. The van der Waals surface area contributed by atoms with Crippen molar-refractivity contribution in [3.05, 3.63) is 35.9 Å². The van der Waals surface area contributed by atoms with E-state index < -0.39 is 6.10 Å². The van der Waals surface area contributed by atoms with E-state index in [2.05, 4.69) is 39.7 Å². The highest BCUT2D eigenvalue weighted by atomic mass is 32.1.